The first-order valence-corrected chi connectivity index (χ1v) is 16.1. The fraction of sp³-hybridized carbons (Fsp3) is 0.306. The SMILES string of the molecule is CN(C)c1ccc(N=Nc2nc3ccc(OCCOCCOCCOCCOC(c4ccccc4)c4ccccc4)cc3s2)cc1. The van der Waals surface area contributed by atoms with Crippen LogP contribution in [0.3, 0.4) is 0 Å². The van der Waals surface area contributed by atoms with E-state index < -0.39 is 0 Å². The third kappa shape index (κ3) is 10.4. The lowest BCUT2D eigenvalue weighted by atomic mass is 10.0. The van der Waals surface area contributed by atoms with Crippen molar-refractivity contribution < 1.29 is 23.7 Å². The first-order chi connectivity index (χ1) is 22.7. The molecule has 0 fully saturated rings. The number of hydrogen-bond acceptors (Lipinski definition) is 10. The van der Waals surface area contributed by atoms with Crippen molar-refractivity contribution in [1.29, 1.82) is 0 Å². The summed E-state index contributed by atoms with van der Waals surface area (Å²) in [4.78, 5) is 6.59. The van der Waals surface area contributed by atoms with Crippen molar-refractivity contribution in [1.82, 2.24) is 4.98 Å². The van der Waals surface area contributed by atoms with Crippen LogP contribution >= 0.6 is 11.3 Å². The molecule has 0 saturated carbocycles. The second-order valence-electron chi connectivity index (χ2n) is 10.5. The molecule has 1 aromatic heterocycles. The minimum absolute atomic E-state index is 0.119. The fourth-order valence-electron chi connectivity index (χ4n) is 4.57. The minimum Gasteiger partial charge on any atom is -0.491 e. The van der Waals surface area contributed by atoms with E-state index in [2.05, 4.69) is 39.5 Å². The van der Waals surface area contributed by atoms with Crippen LogP contribution in [0.2, 0.25) is 0 Å². The molecule has 0 aliphatic rings. The Labute approximate surface area is 274 Å². The molecule has 4 aromatic carbocycles. The maximum Gasteiger partial charge on any atom is 0.231 e. The molecule has 0 unspecified atom stereocenters. The Kier molecular flexibility index (Phi) is 13.0. The molecule has 0 radical (unpaired) electrons. The normalized spacial score (nSPS) is 11.5. The van der Waals surface area contributed by atoms with Crippen molar-refractivity contribution >= 4 is 38.1 Å². The maximum atomic E-state index is 6.18. The molecule has 46 heavy (non-hydrogen) atoms. The first-order valence-electron chi connectivity index (χ1n) is 15.3. The molecule has 10 heteroatoms. The molecule has 0 bridgehead atoms. The highest BCUT2D eigenvalue weighted by Gasteiger charge is 2.14. The Hall–Kier alpha value is -4.19. The summed E-state index contributed by atoms with van der Waals surface area (Å²) in [5.41, 5.74) is 5.01. The van der Waals surface area contributed by atoms with Gasteiger partial charge in [-0.25, -0.2) is 4.98 Å². The van der Waals surface area contributed by atoms with Gasteiger partial charge in [-0.2, -0.15) is 0 Å². The lowest BCUT2D eigenvalue weighted by Gasteiger charge is -2.19. The van der Waals surface area contributed by atoms with Crippen LogP contribution in [-0.2, 0) is 18.9 Å². The summed E-state index contributed by atoms with van der Waals surface area (Å²) in [6, 6.07) is 34.2. The van der Waals surface area contributed by atoms with Crippen LogP contribution in [0.5, 0.6) is 5.75 Å². The molecular weight excluding hydrogens is 600 g/mol. The number of nitrogens with zero attached hydrogens (tertiary/aromatic N) is 4. The van der Waals surface area contributed by atoms with Gasteiger partial charge in [-0.3, -0.25) is 0 Å². The zero-order chi connectivity index (χ0) is 31.8. The van der Waals surface area contributed by atoms with Gasteiger partial charge in [0.15, 0.2) is 0 Å². The highest BCUT2D eigenvalue weighted by atomic mass is 32.1. The maximum absolute atomic E-state index is 6.18. The second kappa shape index (κ2) is 18.1. The molecule has 0 atom stereocenters. The number of ether oxygens (including phenoxy) is 5. The molecule has 9 nitrogen and oxygen atoms in total. The van der Waals surface area contributed by atoms with E-state index in [-0.39, 0.29) is 6.10 Å². The van der Waals surface area contributed by atoms with Gasteiger partial charge in [-0.1, -0.05) is 72.0 Å². The van der Waals surface area contributed by atoms with E-state index in [0.29, 0.717) is 58.0 Å². The summed E-state index contributed by atoms with van der Waals surface area (Å²) in [6.07, 6.45) is -0.119. The number of fused-ring (bicyclic) bond motifs is 1. The largest absolute Gasteiger partial charge is 0.491 e. The lowest BCUT2D eigenvalue weighted by Crippen LogP contribution is -2.15. The van der Waals surface area contributed by atoms with E-state index in [1.807, 2.05) is 97.9 Å². The van der Waals surface area contributed by atoms with Crippen LogP contribution in [0.4, 0.5) is 16.5 Å². The summed E-state index contributed by atoms with van der Waals surface area (Å²) in [7, 11) is 4.01. The minimum atomic E-state index is -0.119. The Bertz CT molecular complexity index is 1580. The smallest absolute Gasteiger partial charge is 0.231 e. The van der Waals surface area contributed by atoms with Crippen LogP contribution in [0.15, 0.2) is 113 Å². The van der Waals surface area contributed by atoms with E-state index >= 15 is 0 Å². The van der Waals surface area contributed by atoms with Gasteiger partial charge < -0.3 is 28.6 Å². The fourth-order valence-corrected chi connectivity index (χ4v) is 5.38. The van der Waals surface area contributed by atoms with E-state index in [0.717, 1.165) is 38.5 Å². The molecule has 1 heterocycles. The molecule has 0 spiro atoms. The lowest BCUT2D eigenvalue weighted by molar-refractivity contribution is -0.0134. The van der Waals surface area contributed by atoms with Crippen molar-refractivity contribution in [2.45, 2.75) is 6.10 Å². The molecule has 0 amide bonds. The van der Waals surface area contributed by atoms with Crippen molar-refractivity contribution in [2.24, 2.45) is 10.2 Å². The highest BCUT2D eigenvalue weighted by Crippen LogP contribution is 2.32. The summed E-state index contributed by atoms with van der Waals surface area (Å²) in [6.45, 7) is 3.88. The standard InChI is InChI=1S/C36H40N4O5S/c1-40(2)31-15-13-30(14-16-31)38-39-36-37-33-18-17-32(27-34(33)46-36)44-25-23-42-21-19-41-20-22-43-24-26-45-35(28-9-5-3-6-10-28)29-11-7-4-8-12-29/h3-18,27,35H,19-26H2,1-2H3. The van der Waals surface area contributed by atoms with Crippen LogP contribution in [0, 0.1) is 0 Å². The Morgan fingerprint density at radius 3 is 1.85 bits per heavy atom. The topological polar surface area (TPSA) is 87.0 Å². The first kappa shape index (κ1) is 33.2. The average molecular weight is 641 g/mol. The zero-order valence-electron chi connectivity index (χ0n) is 26.3. The second-order valence-corrected chi connectivity index (χ2v) is 11.5. The molecule has 5 aromatic rings. The Balaban J connectivity index is 0.908. The highest BCUT2D eigenvalue weighted by molar-refractivity contribution is 7.21. The third-order valence-corrected chi connectivity index (χ3v) is 7.83. The van der Waals surface area contributed by atoms with Gasteiger partial charge >= 0.3 is 0 Å². The number of azo groups is 1. The molecule has 5 rings (SSSR count). The van der Waals surface area contributed by atoms with Crippen molar-refractivity contribution in [3.63, 3.8) is 0 Å². The van der Waals surface area contributed by atoms with Gasteiger partial charge in [0.2, 0.25) is 5.13 Å². The van der Waals surface area contributed by atoms with E-state index in [4.69, 9.17) is 23.7 Å². The van der Waals surface area contributed by atoms with Gasteiger partial charge in [0.05, 0.1) is 62.2 Å². The van der Waals surface area contributed by atoms with Gasteiger partial charge in [0.25, 0.3) is 0 Å². The molecule has 0 aliphatic heterocycles. The van der Waals surface area contributed by atoms with E-state index in [1.165, 1.54) is 11.3 Å². The monoisotopic (exact) mass is 640 g/mol. The predicted octanol–water partition coefficient (Wildman–Crippen LogP) is 8.01. The van der Waals surface area contributed by atoms with Gasteiger partial charge in [0.1, 0.15) is 18.5 Å². The number of benzene rings is 4. The van der Waals surface area contributed by atoms with Crippen LogP contribution in [0.25, 0.3) is 10.2 Å². The summed E-state index contributed by atoms with van der Waals surface area (Å²) in [5.74, 6) is 0.763. The predicted molar refractivity (Wildman–Crippen MR) is 183 cm³/mol. The Morgan fingerprint density at radius 2 is 1.24 bits per heavy atom. The quantitative estimate of drug-likeness (QED) is 0.0667. The average Bonchev–Trinajstić information content (AvgIpc) is 3.51. The van der Waals surface area contributed by atoms with Crippen LogP contribution < -0.4 is 9.64 Å². The van der Waals surface area contributed by atoms with Crippen LogP contribution in [-0.4, -0.2) is 71.9 Å². The Morgan fingerprint density at radius 1 is 0.652 bits per heavy atom. The zero-order valence-corrected chi connectivity index (χ0v) is 27.1. The summed E-state index contributed by atoms with van der Waals surface area (Å²) >= 11 is 1.47. The molecule has 0 N–H and O–H groups in total. The van der Waals surface area contributed by atoms with Crippen molar-refractivity contribution in [3.05, 3.63) is 114 Å². The third-order valence-electron chi connectivity index (χ3n) is 6.92. The number of hydrogen-bond donors (Lipinski definition) is 0. The van der Waals surface area contributed by atoms with Crippen molar-refractivity contribution in [3.8, 4) is 5.75 Å². The molecule has 240 valence electrons. The van der Waals surface area contributed by atoms with Crippen LogP contribution in [0.1, 0.15) is 17.2 Å². The number of aromatic nitrogens is 1. The van der Waals surface area contributed by atoms with Gasteiger partial charge in [0, 0.05) is 19.8 Å². The van der Waals surface area contributed by atoms with E-state index in [1.54, 1.807) is 0 Å². The summed E-state index contributed by atoms with van der Waals surface area (Å²) in [5, 5.41) is 9.23. The van der Waals surface area contributed by atoms with Gasteiger partial charge in [-0.05, 0) is 53.6 Å². The van der Waals surface area contributed by atoms with E-state index in [9.17, 15) is 0 Å². The number of thiazole rings is 1. The summed E-state index contributed by atoms with van der Waals surface area (Å²) < 4.78 is 30.0. The molecule has 0 aliphatic carbocycles. The molecule has 0 saturated heterocycles. The molecular formula is C36H40N4O5S. The number of anilines is 1. The van der Waals surface area contributed by atoms with Gasteiger partial charge in [-0.15, -0.1) is 10.2 Å². The van der Waals surface area contributed by atoms with Crippen molar-refractivity contribution in [2.75, 3.05) is 71.9 Å². The number of rotatable bonds is 19.